The molecule has 0 radical (unpaired) electrons. The van der Waals surface area contributed by atoms with Gasteiger partial charge in [-0.1, -0.05) is 5.16 Å². The van der Waals surface area contributed by atoms with Gasteiger partial charge in [-0.15, -0.1) is 11.8 Å². The summed E-state index contributed by atoms with van der Waals surface area (Å²) in [6, 6.07) is 3.39. The van der Waals surface area contributed by atoms with Crippen LogP contribution in [0.2, 0.25) is 0 Å². The Morgan fingerprint density at radius 3 is 2.28 bits per heavy atom. The minimum absolute atomic E-state index is 0.119. The molecule has 1 aromatic carbocycles. The molecule has 136 valence electrons. The first-order chi connectivity index (χ1) is 12.0. The molecule has 1 aromatic heterocycles. The number of hydrogen-bond acceptors (Lipinski definition) is 7. The highest BCUT2D eigenvalue weighted by Gasteiger charge is 2.15. The Labute approximate surface area is 151 Å². The smallest absolute Gasteiger partial charge is 0.234 e. The van der Waals surface area contributed by atoms with Crippen molar-refractivity contribution >= 4 is 23.4 Å². The third kappa shape index (κ3) is 4.60. The van der Waals surface area contributed by atoms with Crippen molar-refractivity contribution in [1.82, 2.24) is 5.16 Å². The molecule has 25 heavy (non-hydrogen) atoms. The van der Waals surface area contributed by atoms with Crippen LogP contribution < -0.4 is 19.5 Å². The van der Waals surface area contributed by atoms with Crippen LogP contribution in [0.4, 0.5) is 5.69 Å². The topological polar surface area (TPSA) is 82.8 Å². The molecule has 7 nitrogen and oxygen atoms in total. The zero-order valence-corrected chi connectivity index (χ0v) is 15.8. The van der Waals surface area contributed by atoms with E-state index in [0.717, 1.165) is 17.0 Å². The van der Waals surface area contributed by atoms with Crippen LogP contribution in [-0.2, 0) is 10.5 Å². The molecular formula is C17H22N2O5S. The summed E-state index contributed by atoms with van der Waals surface area (Å²) >= 11 is 1.49. The monoisotopic (exact) mass is 366 g/mol. The van der Waals surface area contributed by atoms with Gasteiger partial charge in [-0.05, 0) is 13.8 Å². The predicted molar refractivity (Wildman–Crippen MR) is 96.9 cm³/mol. The van der Waals surface area contributed by atoms with Crippen molar-refractivity contribution < 1.29 is 23.5 Å². The van der Waals surface area contributed by atoms with Crippen LogP contribution in [0.25, 0.3) is 0 Å². The number of carbonyl (C=O) groups excluding carboxylic acids is 1. The van der Waals surface area contributed by atoms with Gasteiger partial charge in [0.1, 0.15) is 5.76 Å². The molecule has 0 spiro atoms. The van der Waals surface area contributed by atoms with Gasteiger partial charge in [0.15, 0.2) is 11.5 Å². The molecule has 0 saturated carbocycles. The van der Waals surface area contributed by atoms with E-state index in [-0.39, 0.29) is 5.91 Å². The maximum atomic E-state index is 12.2. The molecule has 0 aliphatic rings. The number of anilines is 1. The Balaban J connectivity index is 1.98. The molecule has 2 aromatic rings. The Bertz CT molecular complexity index is 700. The second kappa shape index (κ2) is 8.66. The van der Waals surface area contributed by atoms with E-state index in [2.05, 4.69) is 10.5 Å². The van der Waals surface area contributed by atoms with Crippen LogP contribution in [0, 0.1) is 13.8 Å². The van der Waals surface area contributed by atoms with Gasteiger partial charge in [-0.25, -0.2) is 0 Å². The number of methoxy groups -OCH3 is 3. The lowest BCUT2D eigenvalue weighted by Crippen LogP contribution is -2.14. The van der Waals surface area contributed by atoms with Crippen LogP contribution in [0.3, 0.4) is 0 Å². The van der Waals surface area contributed by atoms with Gasteiger partial charge in [0.2, 0.25) is 11.7 Å². The number of hydrogen-bond donors (Lipinski definition) is 1. The van der Waals surface area contributed by atoms with E-state index < -0.39 is 0 Å². The summed E-state index contributed by atoms with van der Waals surface area (Å²) in [4.78, 5) is 12.2. The minimum Gasteiger partial charge on any atom is -0.493 e. The first-order valence-corrected chi connectivity index (χ1v) is 8.75. The Morgan fingerprint density at radius 2 is 1.80 bits per heavy atom. The van der Waals surface area contributed by atoms with Crippen molar-refractivity contribution in [2.45, 2.75) is 19.6 Å². The number of aryl methyl sites for hydroxylation is 2. The van der Waals surface area contributed by atoms with E-state index in [1.54, 1.807) is 12.1 Å². The zero-order valence-electron chi connectivity index (χ0n) is 15.0. The Hall–Kier alpha value is -2.35. The predicted octanol–water partition coefficient (Wildman–Crippen LogP) is 3.19. The average molecular weight is 366 g/mol. The Morgan fingerprint density at radius 1 is 1.16 bits per heavy atom. The van der Waals surface area contributed by atoms with Gasteiger partial charge in [0.25, 0.3) is 0 Å². The molecule has 1 heterocycles. The first kappa shape index (κ1) is 19.0. The maximum Gasteiger partial charge on any atom is 0.234 e. The molecule has 0 bridgehead atoms. The zero-order chi connectivity index (χ0) is 18.4. The van der Waals surface area contributed by atoms with Gasteiger partial charge in [-0.3, -0.25) is 4.79 Å². The third-order valence-electron chi connectivity index (χ3n) is 3.61. The number of aromatic nitrogens is 1. The minimum atomic E-state index is -0.119. The SMILES string of the molecule is COc1cc(NC(=O)CSCc2c(C)noc2C)cc(OC)c1OC. The lowest BCUT2D eigenvalue weighted by Gasteiger charge is -2.14. The van der Waals surface area contributed by atoms with E-state index in [1.807, 2.05) is 13.8 Å². The third-order valence-corrected chi connectivity index (χ3v) is 4.57. The summed E-state index contributed by atoms with van der Waals surface area (Å²) < 4.78 is 20.9. The van der Waals surface area contributed by atoms with Crippen LogP contribution >= 0.6 is 11.8 Å². The maximum absolute atomic E-state index is 12.2. The largest absolute Gasteiger partial charge is 0.493 e. The summed E-state index contributed by atoms with van der Waals surface area (Å²) in [6.45, 7) is 3.76. The summed E-state index contributed by atoms with van der Waals surface area (Å²) in [5.74, 6) is 3.10. The molecule has 8 heteroatoms. The van der Waals surface area contributed by atoms with Crippen molar-refractivity contribution in [1.29, 1.82) is 0 Å². The fraction of sp³-hybridized carbons (Fsp3) is 0.412. The van der Waals surface area contributed by atoms with Gasteiger partial charge >= 0.3 is 0 Å². The molecule has 0 aliphatic heterocycles. The van der Waals surface area contributed by atoms with Crippen molar-refractivity contribution in [3.63, 3.8) is 0 Å². The van der Waals surface area contributed by atoms with E-state index in [0.29, 0.717) is 34.4 Å². The lowest BCUT2D eigenvalue weighted by molar-refractivity contribution is -0.113. The lowest BCUT2D eigenvalue weighted by atomic mass is 10.2. The van der Waals surface area contributed by atoms with Crippen molar-refractivity contribution in [3.8, 4) is 17.2 Å². The highest BCUT2D eigenvalue weighted by Crippen LogP contribution is 2.39. The van der Waals surface area contributed by atoms with E-state index in [9.17, 15) is 4.79 Å². The average Bonchev–Trinajstić information content (AvgIpc) is 2.92. The van der Waals surface area contributed by atoms with Gasteiger partial charge in [0, 0.05) is 29.1 Å². The van der Waals surface area contributed by atoms with Crippen LogP contribution in [0.15, 0.2) is 16.7 Å². The van der Waals surface area contributed by atoms with Crippen LogP contribution in [-0.4, -0.2) is 38.1 Å². The van der Waals surface area contributed by atoms with Gasteiger partial charge in [0.05, 0.1) is 32.8 Å². The van der Waals surface area contributed by atoms with Crippen LogP contribution in [0.1, 0.15) is 17.0 Å². The molecule has 0 unspecified atom stereocenters. The number of amides is 1. The number of carbonyl (C=O) groups is 1. The quantitative estimate of drug-likeness (QED) is 0.768. The second-order valence-electron chi connectivity index (χ2n) is 5.26. The molecule has 1 N–H and O–H groups in total. The molecule has 1 amide bonds. The highest BCUT2D eigenvalue weighted by atomic mass is 32.2. The normalized spacial score (nSPS) is 10.4. The number of nitrogens with zero attached hydrogens (tertiary/aromatic N) is 1. The van der Waals surface area contributed by atoms with Gasteiger partial charge in [-0.2, -0.15) is 0 Å². The number of nitrogens with one attached hydrogen (secondary N) is 1. The van der Waals surface area contributed by atoms with Crippen molar-refractivity contribution in [2.24, 2.45) is 0 Å². The number of benzene rings is 1. The summed E-state index contributed by atoms with van der Waals surface area (Å²) in [6.07, 6.45) is 0. The fourth-order valence-electron chi connectivity index (χ4n) is 2.30. The van der Waals surface area contributed by atoms with Crippen LogP contribution in [0.5, 0.6) is 17.2 Å². The molecule has 0 aliphatic carbocycles. The molecule has 0 saturated heterocycles. The summed E-state index contributed by atoms with van der Waals surface area (Å²) in [5, 5.41) is 6.75. The fourth-order valence-corrected chi connectivity index (χ4v) is 3.28. The second-order valence-corrected chi connectivity index (χ2v) is 6.24. The molecule has 0 atom stereocenters. The number of rotatable bonds is 8. The Kier molecular flexibility index (Phi) is 6.58. The number of thioether (sulfide) groups is 1. The summed E-state index contributed by atoms with van der Waals surface area (Å²) in [5.41, 5.74) is 2.47. The standard InChI is InChI=1S/C17H22N2O5S/c1-10-13(11(2)24-19-10)8-25-9-16(20)18-12-6-14(21-3)17(23-5)15(7-12)22-4/h6-7H,8-9H2,1-5H3,(H,18,20). The van der Waals surface area contributed by atoms with Gasteiger partial charge < -0.3 is 24.1 Å². The van der Waals surface area contributed by atoms with Crippen molar-refractivity contribution in [2.75, 3.05) is 32.4 Å². The van der Waals surface area contributed by atoms with E-state index in [4.69, 9.17) is 18.7 Å². The molecule has 2 rings (SSSR count). The van der Waals surface area contributed by atoms with Crippen molar-refractivity contribution in [3.05, 3.63) is 29.2 Å². The summed E-state index contributed by atoms with van der Waals surface area (Å²) in [7, 11) is 4.59. The van der Waals surface area contributed by atoms with E-state index in [1.165, 1.54) is 33.1 Å². The highest BCUT2D eigenvalue weighted by molar-refractivity contribution is 7.99. The molecule has 0 fully saturated rings. The first-order valence-electron chi connectivity index (χ1n) is 7.59. The molecular weight excluding hydrogens is 344 g/mol. The number of ether oxygens (including phenoxy) is 3. The van der Waals surface area contributed by atoms with E-state index >= 15 is 0 Å².